The van der Waals surface area contributed by atoms with E-state index in [1.807, 2.05) is 38.1 Å². The largest absolute Gasteiger partial charge is 0.302 e. The van der Waals surface area contributed by atoms with Crippen molar-refractivity contribution in [2.45, 2.75) is 18.7 Å². The highest BCUT2D eigenvalue weighted by molar-refractivity contribution is 7.79. The van der Waals surface area contributed by atoms with Crippen molar-refractivity contribution in [1.82, 2.24) is 0 Å². The van der Waals surface area contributed by atoms with Crippen molar-refractivity contribution in [3.63, 3.8) is 0 Å². The van der Waals surface area contributed by atoms with E-state index in [-0.39, 0.29) is 0 Å². The highest BCUT2D eigenvalue weighted by Crippen LogP contribution is 2.26. The van der Waals surface area contributed by atoms with Crippen LogP contribution in [-0.2, 0) is 11.1 Å². The van der Waals surface area contributed by atoms with Gasteiger partial charge in [-0.3, -0.25) is 0 Å². The lowest BCUT2D eigenvalue weighted by Crippen LogP contribution is -1.94. The van der Waals surface area contributed by atoms with E-state index in [9.17, 15) is 8.76 Å². The van der Waals surface area contributed by atoms with Gasteiger partial charge < -0.3 is 4.55 Å². The Bertz CT molecular complexity index is 547. The summed E-state index contributed by atoms with van der Waals surface area (Å²) >= 11 is -1.92. The van der Waals surface area contributed by atoms with Crippen molar-refractivity contribution in [3.8, 4) is 0 Å². The zero-order chi connectivity index (χ0) is 11.0. The maximum atomic E-state index is 11.2. The molecule has 0 heterocycles. The van der Waals surface area contributed by atoms with Gasteiger partial charge in [-0.05, 0) is 36.4 Å². The van der Waals surface area contributed by atoms with Gasteiger partial charge in [-0.15, -0.1) is 0 Å². The van der Waals surface area contributed by atoms with Gasteiger partial charge in [-0.2, -0.15) is 0 Å². The third-order valence-electron chi connectivity index (χ3n) is 2.72. The summed E-state index contributed by atoms with van der Waals surface area (Å²) in [5, 5.41) is 1.91. The Morgan fingerprint density at radius 2 is 1.73 bits per heavy atom. The van der Waals surface area contributed by atoms with E-state index >= 15 is 0 Å². The third-order valence-corrected chi connectivity index (χ3v) is 3.44. The average molecular weight is 220 g/mol. The zero-order valence-corrected chi connectivity index (χ0v) is 9.47. The summed E-state index contributed by atoms with van der Waals surface area (Å²) in [7, 11) is 0. The van der Waals surface area contributed by atoms with E-state index in [4.69, 9.17) is 0 Å². The minimum Gasteiger partial charge on any atom is -0.302 e. The molecule has 2 aromatic rings. The average Bonchev–Trinajstić information content (AvgIpc) is 2.23. The number of benzene rings is 2. The van der Waals surface area contributed by atoms with Crippen LogP contribution in [0.25, 0.3) is 10.8 Å². The lowest BCUT2D eigenvalue weighted by molar-refractivity contribution is 0.565. The van der Waals surface area contributed by atoms with Gasteiger partial charge in [0, 0.05) is 5.39 Å². The number of hydrogen-bond acceptors (Lipinski definition) is 1. The summed E-state index contributed by atoms with van der Waals surface area (Å²) < 4.78 is 20.4. The van der Waals surface area contributed by atoms with Crippen molar-refractivity contribution in [2.24, 2.45) is 0 Å². The molecule has 2 aromatic carbocycles. The van der Waals surface area contributed by atoms with E-state index in [1.165, 1.54) is 5.56 Å². The lowest BCUT2D eigenvalue weighted by Gasteiger charge is -2.09. The van der Waals surface area contributed by atoms with E-state index in [0.717, 1.165) is 16.3 Å². The van der Waals surface area contributed by atoms with Gasteiger partial charge in [0.2, 0.25) is 0 Å². The first-order chi connectivity index (χ1) is 7.11. The molecule has 1 N–H and O–H groups in total. The van der Waals surface area contributed by atoms with E-state index in [1.54, 1.807) is 6.07 Å². The van der Waals surface area contributed by atoms with Crippen molar-refractivity contribution >= 4 is 21.9 Å². The summed E-state index contributed by atoms with van der Waals surface area (Å²) in [4.78, 5) is 0.494. The van der Waals surface area contributed by atoms with E-state index in [2.05, 4.69) is 0 Å². The molecule has 0 spiro atoms. The fraction of sp³-hybridized carbons (Fsp3) is 0.167. The molecule has 0 aromatic heterocycles. The summed E-state index contributed by atoms with van der Waals surface area (Å²) in [6.07, 6.45) is 0. The summed E-state index contributed by atoms with van der Waals surface area (Å²) in [5.74, 6) is 0. The normalized spacial score (nSPS) is 13.0. The van der Waals surface area contributed by atoms with Gasteiger partial charge in [0.05, 0.1) is 4.90 Å². The molecule has 2 rings (SSSR count). The maximum Gasteiger partial charge on any atom is 0.187 e. The molecule has 0 fully saturated rings. The quantitative estimate of drug-likeness (QED) is 0.750. The Labute approximate surface area is 91.2 Å². The van der Waals surface area contributed by atoms with Crippen LogP contribution >= 0.6 is 0 Å². The van der Waals surface area contributed by atoms with Crippen molar-refractivity contribution in [3.05, 3.63) is 41.5 Å². The minimum atomic E-state index is -1.92. The van der Waals surface area contributed by atoms with Gasteiger partial charge in [-0.1, -0.05) is 24.3 Å². The first kappa shape index (κ1) is 10.3. The summed E-state index contributed by atoms with van der Waals surface area (Å²) in [6, 6.07) is 9.47. The first-order valence-electron chi connectivity index (χ1n) is 4.71. The van der Waals surface area contributed by atoms with Gasteiger partial charge in [-0.25, -0.2) is 4.21 Å². The smallest absolute Gasteiger partial charge is 0.187 e. The van der Waals surface area contributed by atoms with Crippen LogP contribution in [0.15, 0.2) is 35.2 Å². The molecule has 0 aliphatic rings. The second-order valence-electron chi connectivity index (χ2n) is 3.61. The van der Waals surface area contributed by atoms with Crippen LogP contribution in [0.1, 0.15) is 11.1 Å². The van der Waals surface area contributed by atoms with E-state index < -0.39 is 11.1 Å². The van der Waals surface area contributed by atoms with Gasteiger partial charge in [0.25, 0.3) is 0 Å². The van der Waals surface area contributed by atoms with Gasteiger partial charge >= 0.3 is 0 Å². The molecule has 0 radical (unpaired) electrons. The molecule has 1 atom stereocenters. The SMILES string of the molecule is Cc1cc(S(=O)O)c2ccccc2c1C. The van der Waals surface area contributed by atoms with Crippen LogP contribution in [-0.4, -0.2) is 8.76 Å². The molecule has 0 aliphatic heterocycles. The molecule has 3 heteroatoms. The predicted molar refractivity (Wildman–Crippen MR) is 62.5 cm³/mol. The van der Waals surface area contributed by atoms with Crippen molar-refractivity contribution in [1.29, 1.82) is 0 Å². The third kappa shape index (κ3) is 1.68. The molecule has 2 nitrogen and oxygen atoms in total. The van der Waals surface area contributed by atoms with Crippen LogP contribution in [0.4, 0.5) is 0 Å². The summed E-state index contributed by atoms with van der Waals surface area (Å²) in [5.41, 5.74) is 2.21. The molecule has 78 valence electrons. The molecular formula is C12H12O2S. The Kier molecular flexibility index (Phi) is 2.59. The molecule has 15 heavy (non-hydrogen) atoms. The van der Waals surface area contributed by atoms with Crippen molar-refractivity contribution < 1.29 is 8.76 Å². The van der Waals surface area contributed by atoms with Crippen LogP contribution in [0.5, 0.6) is 0 Å². The molecule has 0 bridgehead atoms. The van der Waals surface area contributed by atoms with Crippen molar-refractivity contribution in [2.75, 3.05) is 0 Å². The number of hydrogen-bond donors (Lipinski definition) is 1. The Balaban J connectivity index is 2.94. The van der Waals surface area contributed by atoms with Crippen LogP contribution in [0.2, 0.25) is 0 Å². The maximum absolute atomic E-state index is 11.2. The Morgan fingerprint density at radius 3 is 2.33 bits per heavy atom. The Hall–Kier alpha value is -1.19. The highest BCUT2D eigenvalue weighted by atomic mass is 32.2. The number of aryl methyl sites for hydroxylation is 2. The predicted octanol–water partition coefficient (Wildman–Crippen LogP) is 3.04. The molecule has 0 saturated heterocycles. The summed E-state index contributed by atoms with van der Waals surface area (Å²) in [6.45, 7) is 3.99. The van der Waals surface area contributed by atoms with Crippen LogP contribution < -0.4 is 0 Å². The fourth-order valence-electron chi connectivity index (χ4n) is 1.76. The van der Waals surface area contributed by atoms with Crippen LogP contribution in [0, 0.1) is 13.8 Å². The molecule has 1 unspecified atom stereocenters. The topological polar surface area (TPSA) is 37.3 Å². The van der Waals surface area contributed by atoms with Gasteiger partial charge in [0.1, 0.15) is 0 Å². The molecule has 0 amide bonds. The Morgan fingerprint density at radius 1 is 1.13 bits per heavy atom. The molecular weight excluding hydrogens is 208 g/mol. The first-order valence-corrected chi connectivity index (χ1v) is 5.81. The number of rotatable bonds is 1. The fourth-order valence-corrected chi connectivity index (χ4v) is 2.41. The van der Waals surface area contributed by atoms with E-state index in [0.29, 0.717) is 4.90 Å². The molecule has 0 saturated carbocycles. The number of fused-ring (bicyclic) bond motifs is 1. The van der Waals surface area contributed by atoms with Gasteiger partial charge in [0.15, 0.2) is 11.1 Å². The molecule has 0 aliphatic carbocycles. The lowest BCUT2D eigenvalue weighted by atomic mass is 10.0. The minimum absolute atomic E-state index is 0.494. The van der Waals surface area contributed by atoms with Crippen LogP contribution in [0.3, 0.4) is 0 Å². The standard InChI is InChI=1S/C12H12O2S/c1-8-7-12(15(13)14)11-6-4-3-5-10(11)9(8)2/h3-7H,1-2H3,(H,13,14). The highest BCUT2D eigenvalue weighted by Gasteiger charge is 2.09. The second kappa shape index (κ2) is 3.76. The second-order valence-corrected chi connectivity index (χ2v) is 4.55. The zero-order valence-electron chi connectivity index (χ0n) is 8.65. The monoisotopic (exact) mass is 220 g/mol.